The topological polar surface area (TPSA) is 93.4 Å². The minimum Gasteiger partial charge on any atom is -0.481 e. The van der Waals surface area contributed by atoms with Crippen molar-refractivity contribution in [3.63, 3.8) is 0 Å². The SMILES string of the molecule is CC(C)CN(/C=C(/C#N)C(=O)NCCC(=O)O)CC(C)C. The number of nitrogens with zero attached hydrogens (tertiary/aromatic N) is 2. The minimum absolute atomic E-state index is 0.00156. The fourth-order valence-corrected chi connectivity index (χ4v) is 1.82. The predicted molar refractivity (Wildman–Crippen MR) is 80.2 cm³/mol. The highest BCUT2D eigenvalue weighted by molar-refractivity contribution is 5.97. The van der Waals surface area contributed by atoms with Gasteiger partial charge in [-0.1, -0.05) is 27.7 Å². The standard InChI is InChI=1S/C15H25N3O3/c1-11(2)8-18(9-12(3)4)10-13(7-16)15(21)17-6-5-14(19)20/h10-12H,5-6,8-9H2,1-4H3,(H,17,21)(H,19,20)/b13-10-. The number of nitrogens with one attached hydrogen (secondary N) is 1. The highest BCUT2D eigenvalue weighted by Crippen LogP contribution is 2.07. The Morgan fingerprint density at radius 1 is 1.24 bits per heavy atom. The molecule has 0 saturated carbocycles. The Hall–Kier alpha value is -2.03. The summed E-state index contributed by atoms with van der Waals surface area (Å²) < 4.78 is 0. The molecule has 0 rings (SSSR count). The molecule has 118 valence electrons. The summed E-state index contributed by atoms with van der Waals surface area (Å²) in [6.45, 7) is 9.81. The van der Waals surface area contributed by atoms with Crippen LogP contribution >= 0.6 is 0 Å². The summed E-state index contributed by atoms with van der Waals surface area (Å²) in [6.07, 6.45) is 1.41. The fourth-order valence-electron chi connectivity index (χ4n) is 1.82. The zero-order valence-electron chi connectivity index (χ0n) is 13.2. The number of nitriles is 1. The molecule has 0 aliphatic heterocycles. The number of hydrogen-bond donors (Lipinski definition) is 2. The number of rotatable bonds is 9. The van der Waals surface area contributed by atoms with E-state index in [4.69, 9.17) is 10.4 Å². The largest absolute Gasteiger partial charge is 0.481 e. The van der Waals surface area contributed by atoms with Crippen LogP contribution in [0.25, 0.3) is 0 Å². The Morgan fingerprint density at radius 2 is 1.76 bits per heavy atom. The third-order valence-electron chi connectivity index (χ3n) is 2.50. The molecule has 0 heterocycles. The van der Waals surface area contributed by atoms with Crippen molar-refractivity contribution < 1.29 is 14.7 Å². The number of amides is 1. The third kappa shape index (κ3) is 9.50. The highest BCUT2D eigenvalue weighted by atomic mass is 16.4. The highest BCUT2D eigenvalue weighted by Gasteiger charge is 2.13. The van der Waals surface area contributed by atoms with Gasteiger partial charge in [-0.15, -0.1) is 0 Å². The Balaban J connectivity index is 4.79. The summed E-state index contributed by atoms with van der Waals surface area (Å²) in [5.74, 6) is -0.694. The van der Waals surface area contributed by atoms with E-state index >= 15 is 0 Å². The van der Waals surface area contributed by atoms with Crippen molar-refractivity contribution in [3.8, 4) is 6.07 Å². The summed E-state index contributed by atoms with van der Waals surface area (Å²) in [5, 5.41) is 20.1. The zero-order chi connectivity index (χ0) is 16.4. The van der Waals surface area contributed by atoms with Gasteiger partial charge in [-0.05, 0) is 11.8 Å². The van der Waals surface area contributed by atoms with Crippen molar-refractivity contribution in [2.75, 3.05) is 19.6 Å². The average Bonchev–Trinajstić information content (AvgIpc) is 2.33. The molecule has 0 saturated heterocycles. The van der Waals surface area contributed by atoms with Crippen LogP contribution in [-0.4, -0.2) is 41.5 Å². The van der Waals surface area contributed by atoms with Crippen LogP contribution in [0.3, 0.4) is 0 Å². The smallest absolute Gasteiger partial charge is 0.305 e. The molecule has 0 fully saturated rings. The number of aliphatic carboxylic acids is 1. The van der Waals surface area contributed by atoms with Crippen molar-refractivity contribution >= 4 is 11.9 Å². The Labute approximate surface area is 126 Å². The van der Waals surface area contributed by atoms with E-state index in [1.807, 2.05) is 11.0 Å². The lowest BCUT2D eigenvalue weighted by Gasteiger charge is -2.24. The molecule has 0 atom stereocenters. The third-order valence-corrected chi connectivity index (χ3v) is 2.50. The van der Waals surface area contributed by atoms with E-state index in [2.05, 4.69) is 33.0 Å². The van der Waals surface area contributed by atoms with E-state index in [-0.39, 0.29) is 18.5 Å². The first kappa shape index (κ1) is 19.0. The summed E-state index contributed by atoms with van der Waals surface area (Å²) in [4.78, 5) is 24.2. The molecule has 0 aliphatic rings. The van der Waals surface area contributed by atoms with Crippen LogP contribution < -0.4 is 5.32 Å². The molecule has 2 N–H and O–H groups in total. The van der Waals surface area contributed by atoms with E-state index in [1.54, 1.807) is 6.20 Å². The minimum atomic E-state index is -0.987. The summed E-state index contributed by atoms with van der Waals surface area (Å²) in [5.41, 5.74) is 0.00156. The van der Waals surface area contributed by atoms with Crippen molar-refractivity contribution in [1.29, 1.82) is 5.26 Å². The Morgan fingerprint density at radius 3 is 2.14 bits per heavy atom. The van der Waals surface area contributed by atoms with Crippen molar-refractivity contribution in [2.24, 2.45) is 11.8 Å². The van der Waals surface area contributed by atoms with Crippen LogP contribution in [0.2, 0.25) is 0 Å². The monoisotopic (exact) mass is 295 g/mol. The summed E-state index contributed by atoms with van der Waals surface area (Å²) in [7, 11) is 0. The molecule has 0 aliphatic carbocycles. The maximum absolute atomic E-state index is 11.8. The lowest BCUT2D eigenvalue weighted by Crippen LogP contribution is -2.31. The van der Waals surface area contributed by atoms with Crippen molar-refractivity contribution in [2.45, 2.75) is 34.1 Å². The number of carbonyl (C=O) groups excluding carboxylic acids is 1. The molecule has 0 aromatic carbocycles. The molecule has 6 heteroatoms. The second-order valence-corrected chi connectivity index (χ2v) is 5.80. The maximum Gasteiger partial charge on any atom is 0.305 e. The normalized spacial score (nSPS) is 11.4. The first-order chi connectivity index (χ1) is 9.76. The molecule has 0 aromatic heterocycles. The molecule has 0 unspecified atom stereocenters. The van der Waals surface area contributed by atoms with Crippen LogP contribution in [0, 0.1) is 23.2 Å². The Kier molecular flexibility index (Phi) is 8.86. The molecule has 0 spiro atoms. The second kappa shape index (κ2) is 9.81. The Bertz CT molecular complexity index is 412. The molecular weight excluding hydrogens is 270 g/mol. The van der Waals surface area contributed by atoms with Gasteiger partial charge >= 0.3 is 5.97 Å². The molecule has 1 amide bonds. The number of carbonyl (C=O) groups is 2. The number of hydrogen-bond acceptors (Lipinski definition) is 4. The molecular formula is C15H25N3O3. The van der Waals surface area contributed by atoms with E-state index in [0.717, 1.165) is 13.1 Å². The fraction of sp³-hybridized carbons (Fsp3) is 0.667. The lowest BCUT2D eigenvalue weighted by molar-refractivity contribution is -0.136. The molecule has 21 heavy (non-hydrogen) atoms. The van der Waals surface area contributed by atoms with E-state index < -0.39 is 11.9 Å². The zero-order valence-corrected chi connectivity index (χ0v) is 13.2. The van der Waals surface area contributed by atoms with E-state index in [0.29, 0.717) is 11.8 Å². The van der Waals surface area contributed by atoms with Gasteiger partial charge in [0.15, 0.2) is 0 Å². The van der Waals surface area contributed by atoms with Crippen molar-refractivity contribution in [3.05, 3.63) is 11.8 Å². The van der Waals surface area contributed by atoms with Gasteiger partial charge in [-0.25, -0.2) is 0 Å². The first-order valence-electron chi connectivity index (χ1n) is 7.12. The summed E-state index contributed by atoms with van der Waals surface area (Å²) in [6, 6.07) is 1.88. The molecule has 6 nitrogen and oxygen atoms in total. The van der Waals surface area contributed by atoms with Crippen LogP contribution in [0.1, 0.15) is 34.1 Å². The second-order valence-electron chi connectivity index (χ2n) is 5.80. The molecule has 0 aromatic rings. The molecule has 0 radical (unpaired) electrons. The van der Waals surface area contributed by atoms with Crippen LogP contribution in [0.15, 0.2) is 11.8 Å². The predicted octanol–water partition coefficient (Wildman–Crippen LogP) is 1.60. The number of carboxylic acid groups (broad SMARTS) is 1. The molecule has 0 bridgehead atoms. The number of carboxylic acids is 1. The van der Waals surface area contributed by atoms with Gasteiger partial charge < -0.3 is 15.3 Å². The van der Waals surface area contributed by atoms with E-state index in [9.17, 15) is 9.59 Å². The van der Waals surface area contributed by atoms with Gasteiger partial charge in [0, 0.05) is 25.8 Å². The van der Waals surface area contributed by atoms with Crippen molar-refractivity contribution in [1.82, 2.24) is 10.2 Å². The van der Waals surface area contributed by atoms with Crippen LogP contribution in [0.4, 0.5) is 0 Å². The van der Waals surface area contributed by atoms with E-state index in [1.165, 1.54) is 0 Å². The first-order valence-corrected chi connectivity index (χ1v) is 7.12. The van der Waals surface area contributed by atoms with Gasteiger partial charge in [0.1, 0.15) is 11.6 Å². The van der Waals surface area contributed by atoms with Gasteiger partial charge in [0.2, 0.25) is 0 Å². The van der Waals surface area contributed by atoms with Gasteiger partial charge in [0.05, 0.1) is 6.42 Å². The summed E-state index contributed by atoms with van der Waals surface area (Å²) >= 11 is 0. The van der Waals surface area contributed by atoms with Gasteiger partial charge in [-0.2, -0.15) is 5.26 Å². The quantitative estimate of drug-likeness (QED) is 0.498. The maximum atomic E-state index is 11.8. The van der Waals surface area contributed by atoms with Crippen LogP contribution in [0.5, 0.6) is 0 Å². The van der Waals surface area contributed by atoms with Gasteiger partial charge in [-0.3, -0.25) is 9.59 Å². The van der Waals surface area contributed by atoms with Crippen LogP contribution in [-0.2, 0) is 9.59 Å². The van der Waals surface area contributed by atoms with Gasteiger partial charge in [0.25, 0.3) is 5.91 Å². The average molecular weight is 295 g/mol. The lowest BCUT2D eigenvalue weighted by atomic mass is 10.1.